The first-order valence-corrected chi connectivity index (χ1v) is 27.1. The lowest BCUT2D eigenvalue weighted by Crippen LogP contribution is -2.62. The number of rotatable bonds is 17. The van der Waals surface area contributed by atoms with Crippen LogP contribution in [0.5, 0.6) is 0 Å². The summed E-state index contributed by atoms with van der Waals surface area (Å²) in [6, 6.07) is 16.0. The SMILES string of the molecule is CC[C@H]1OC(=O)[C@H](C)[C@H](O[C@H]2C[C@@](C)(OC)[C@@H](OC(=O)c3ccccc3)[C@H](C)O2)[C@H](C)[C@@H](O[C@@H]2O[C@H](C)C[C@H](N(C)C)[C@H]2OC(=O)c2ccccc2)[C@@](C)(OC)C[C@@H](C)C(=O)[C@H](C)[C@H]2N(CCCCN=[N+]=[N-])C(=O)O[C@]12C. The fourth-order valence-electron chi connectivity index (χ4n) is 12.2. The lowest BCUT2D eigenvalue weighted by atomic mass is 9.73. The van der Waals surface area contributed by atoms with Crippen LogP contribution < -0.4 is 0 Å². The number of fused-ring (bicyclic) bond motifs is 1. The number of azide groups is 1. The van der Waals surface area contributed by atoms with E-state index < -0.39 is 120 Å². The van der Waals surface area contributed by atoms with Gasteiger partial charge >= 0.3 is 24.0 Å². The quantitative estimate of drug-likeness (QED) is 0.0360. The average Bonchev–Trinajstić information content (AvgIpc) is 3.68. The minimum Gasteiger partial charge on any atom is -0.458 e. The standard InChI is InChI=1S/C57H83N5O15/c1-15-42-57(10)47(62(54(67)77-57)29-23-22-28-59-60-58)35(4)44(63)33(2)31-55(8,68-13)48(76-53-46(41(61(11)12)30-34(3)70-53)74-51(65)39-24-18-16-19-25-39)36(5)45(37(6)50(64)72-42)73-43-32-56(9,69-14)49(38(7)71-43)75-52(66)40-26-20-17-21-27-40/h16-21,24-27,33-38,41-43,45-49,53H,15,22-23,28-32H2,1-14H3/t33-,34-,35+,36+,37-,38+,41+,42-,43+,45-,46-,47-,48-,49+,53+,55+,56-,57-/m1/s1. The van der Waals surface area contributed by atoms with Gasteiger partial charge in [-0.1, -0.05) is 69.2 Å². The summed E-state index contributed by atoms with van der Waals surface area (Å²) in [6.45, 7) is 18.4. The normalized spacial score (nSPS) is 37.2. The van der Waals surface area contributed by atoms with E-state index in [1.807, 2.05) is 60.5 Å². The number of Topliss-reactive ketones (excluding diaryl/α,β-unsaturated/α-hetero) is 1. The second-order valence-electron chi connectivity index (χ2n) is 22.3. The third-order valence-corrected chi connectivity index (χ3v) is 16.5. The molecule has 0 radical (unpaired) electrons. The number of ether oxygens (including phenoxy) is 10. The third kappa shape index (κ3) is 13.6. The third-order valence-electron chi connectivity index (χ3n) is 16.5. The molecule has 0 aromatic heterocycles. The Kier molecular flexibility index (Phi) is 20.8. The second kappa shape index (κ2) is 26.2. The van der Waals surface area contributed by atoms with E-state index >= 15 is 9.59 Å². The van der Waals surface area contributed by atoms with Crippen molar-refractivity contribution >= 4 is 29.8 Å². The molecule has 0 aliphatic carbocycles. The maximum absolute atomic E-state index is 15.2. The Morgan fingerprint density at radius 2 is 1.39 bits per heavy atom. The van der Waals surface area contributed by atoms with Gasteiger partial charge in [-0.15, -0.1) is 0 Å². The zero-order valence-electron chi connectivity index (χ0n) is 47.5. The van der Waals surface area contributed by atoms with Crippen molar-refractivity contribution in [2.45, 2.75) is 192 Å². The molecule has 426 valence electrons. The molecule has 0 N–H and O–H groups in total. The zero-order chi connectivity index (χ0) is 56.6. The zero-order valence-corrected chi connectivity index (χ0v) is 47.5. The van der Waals surface area contributed by atoms with Crippen LogP contribution in [-0.4, -0.2) is 165 Å². The predicted molar refractivity (Wildman–Crippen MR) is 282 cm³/mol. The minimum atomic E-state index is -1.50. The highest BCUT2D eigenvalue weighted by molar-refractivity contribution is 5.90. The summed E-state index contributed by atoms with van der Waals surface area (Å²) in [5, 5.41) is 3.65. The van der Waals surface area contributed by atoms with E-state index in [0.717, 1.165) is 0 Å². The monoisotopic (exact) mass is 1080 g/mol. The molecule has 4 heterocycles. The molecular formula is C57H83N5O15. The summed E-state index contributed by atoms with van der Waals surface area (Å²) >= 11 is 0. The summed E-state index contributed by atoms with van der Waals surface area (Å²) in [5.74, 6) is -5.57. The molecule has 6 rings (SSSR count). The maximum atomic E-state index is 15.2. The van der Waals surface area contributed by atoms with Gasteiger partial charge < -0.3 is 57.2 Å². The summed E-state index contributed by atoms with van der Waals surface area (Å²) in [4.78, 5) is 78.4. The number of methoxy groups -OCH3 is 2. The topological polar surface area (TPSA) is 233 Å². The van der Waals surface area contributed by atoms with E-state index in [-0.39, 0.29) is 50.3 Å². The van der Waals surface area contributed by atoms with E-state index in [2.05, 4.69) is 10.0 Å². The number of likely N-dealkylation sites (N-methyl/N-ethyl adjacent to an activating group) is 1. The summed E-state index contributed by atoms with van der Waals surface area (Å²) in [6.07, 6.45) is -7.53. The van der Waals surface area contributed by atoms with Crippen LogP contribution in [0.25, 0.3) is 10.4 Å². The van der Waals surface area contributed by atoms with Gasteiger partial charge in [-0.3, -0.25) is 9.59 Å². The number of ketones is 1. The molecule has 0 saturated carbocycles. The molecule has 18 atom stereocenters. The molecule has 0 spiro atoms. The van der Waals surface area contributed by atoms with Crippen LogP contribution in [0.3, 0.4) is 0 Å². The molecule has 77 heavy (non-hydrogen) atoms. The van der Waals surface area contributed by atoms with E-state index in [9.17, 15) is 14.4 Å². The first-order valence-electron chi connectivity index (χ1n) is 27.1. The second-order valence-corrected chi connectivity index (χ2v) is 22.3. The Hall–Kier alpha value is -5.18. The Labute approximate surface area is 453 Å². The van der Waals surface area contributed by atoms with Gasteiger partial charge in [-0.25, -0.2) is 14.4 Å². The fourth-order valence-corrected chi connectivity index (χ4v) is 12.2. The van der Waals surface area contributed by atoms with Crippen molar-refractivity contribution in [3.05, 3.63) is 82.2 Å². The van der Waals surface area contributed by atoms with E-state index in [4.69, 9.17) is 52.9 Å². The van der Waals surface area contributed by atoms with Gasteiger partial charge in [0.15, 0.2) is 30.4 Å². The number of unbranched alkanes of at least 4 members (excludes halogenated alkanes) is 1. The van der Waals surface area contributed by atoms with Gasteiger partial charge in [0, 0.05) is 56.4 Å². The van der Waals surface area contributed by atoms with Gasteiger partial charge in [-0.2, -0.15) is 0 Å². The molecule has 4 aliphatic rings. The van der Waals surface area contributed by atoms with Crippen molar-refractivity contribution < 1.29 is 71.3 Å². The molecular weight excluding hydrogens is 995 g/mol. The largest absolute Gasteiger partial charge is 0.458 e. The molecule has 1 amide bonds. The van der Waals surface area contributed by atoms with Crippen LogP contribution in [0.1, 0.15) is 128 Å². The lowest BCUT2D eigenvalue weighted by molar-refractivity contribution is -0.318. The van der Waals surface area contributed by atoms with E-state index in [1.54, 1.807) is 88.4 Å². The molecule has 4 saturated heterocycles. The van der Waals surface area contributed by atoms with Crippen LogP contribution in [0, 0.1) is 23.7 Å². The van der Waals surface area contributed by atoms with E-state index in [0.29, 0.717) is 30.4 Å². The summed E-state index contributed by atoms with van der Waals surface area (Å²) < 4.78 is 65.8. The highest BCUT2D eigenvalue weighted by atomic mass is 16.7. The van der Waals surface area contributed by atoms with Crippen molar-refractivity contribution in [1.29, 1.82) is 0 Å². The number of cyclic esters (lactones) is 1. The van der Waals surface area contributed by atoms with Gasteiger partial charge in [0.25, 0.3) is 0 Å². The van der Waals surface area contributed by atoms with Crippen LogP contribution in [0.15, 0.2) is 65.8 Å². The Bertz CT molecular complexity index is 2380. The molecule has 4 fully saturated rings. The first kappa shape index (κ1) is 61.0. The number of nitrogens with zero attached hydrogens (tertiary/aromatic N) is 5. The summed E-state index contributed by atoms with van der Waals surface area (Å²) in [5.41, 5.74) is 5.55. The first-order chi connectivity index (χ1) is 36.5. The number of carbonyl (C=O) groups is 5. The van der Waals surface area contributed by atoms with Crippen LogP contribution >= 0.6 is 0 Å². The molecule has 20 heteroatoms. The molecule has 2 aromatic rings. The molecule has 0 unspecified atom stereocenters. The molecule has 4 aliphatic heterocycles. The number of hydrogen-bond acceptors (Lipinski definition) is 17. The number of hydrogen-bond donors (Lipinski definition) is 0. The molecule has 2 aromatic carbocycles. The summed E-state index contributed by atoms with van der Waals surface area (Å²) in [7, 11) is 6.84. The number of esters is 3. The fraction of sp³-hybridized carbons (Fsp3) is 0.702. The maximum Gasteiger partial charge on any atom is 0.410 e. The van der Waals surface area contributed by atoms with Crippen LogP contribution in [0.4, 0.5) is 4.79 Å². The van der Waals surface area contributed by atoms with Gasteiger partial charge in [0.05, 0.1) is 59.1 Å². The smallest absolute Gasteiger partial charge is 0.410 e. The van der Waals surface area contributed by atoms with Crippen LogP contribution in [0.2, 0.25) is 0 Å². The van der Waals surface area contributed by atoms with E-state index in [1.165, 1.54) is 19.1 Å². The lowest BCUT2D eigenvalue weighted by Gasteiger charge is -2.50. The van der Waals surface area contributed by atoms with Crippen molar-refractivity contribution in [3.63, 3.8) is 0 Å². The minimum absolute atomic E-state index is 0.0410. The predicted octanol–water partition coefficient (Wildman–Crippen LogP) is 8.73. The van der Waals surface area contributed by atoms with Gasteiger partial charge in [0.1, 0.15) is 17.5 Å². The van der Waals surface area contributed by atoms with Crippen molar-refractivity contribution in [3.8, 4) is 0 Å². The highest BCUT2D eigenvalue weighted by Gasteiger charge is 2.61. The number of carbonyl (C=O) groups excluding carboxylic acids is 5. The Morgan fingerprint density at radius 1 is 0.792 bits per heavy atom. The number of amides is 1. The van der Waals surface area contributed by atoms with Gasteiger partial charge in [-0.05, 0) is 118 Å². The average molecular weight is 1080 g/mol. The molecule has 20 nitrogen and oxygen atoms in total. The highest BCUT2D eigenvalue weighted by Crippen LogP contribution is 2.45. The Balaban J connectivity index is 1.47. The van der Waals surface area contributed by atoms with Gasteiger partial charge in [0.2, 0.25) is 0 Å². The van der Waals surface area contributed by atoms with Crippen molar-refractivity contribution in [2.75, 3.05) is 41.4 Å². The number of benzene rings is 2. The van der Waals surface area contributed by atoms with Crippen molar-refractivity contribution in [2.24, 2.45) is 28.8 Å². The molecule has 0 bridgehead atoms. The van der Waals surface area contributed by atoms with Crippen molar-refractivity contribution in [1.82, 2.24) is 9.80 Å². The van der Waals surface area contributed by atoms with Crippen LogP contribution in [-0.2, 0) is 57.0 Å². The Morgan fingerprint density at radius 3 is 1.96 bits per heavy atom.